The fourth-order valence-corrected chi connectivity index (χ4v) is 3.44. The highest BCUT2D eigenvalue weighted by Gasteiger charge is 2.26. The molecular formula is C12H18N2O4S. The second-order valence-corrected chi connectivity index (χ2v) is 6.05. The maximum absolute atomic E-state index is 12.3. The molecule has 0 amide bonds. The van der Waals surface area contributed by atoms with Crippen molar-refractivity contribution in [1.82, 2.24) is 4.72 Å². The lowest BCUT2D eigenvalue weighted by atomic mass is 10.2. The Bertz CT molecular complexity index is 539. The molecule has 1 fully saturated rings. The predicted octanol–water partition coefficient (Wildman–Crippen LogP) is 0.221. The van der Waals surface area contributed by atoms with Crippen molar-refractivity contribution < 1.29 is 17.9 Å². The number of hydrogen-bond donors (Lipinski definition) is 2. The topological polar surface area (TPSA) is 90.7 Å². The van der Waals surface area contributed by atoms with Gasteiger partial charge in [-0.05, 0) is 24.1 Å². The van der Waals surface area contributed by atoms with Crippen molar-refractivity contribution in [3.63, 3.8) is 0 Å². The zero-order chi connectivity index (χ0) is 13.9. The molecule has 0 bridgehead atoms. The monoisotopic (exact) mass is 286 g/mol. The number of hydrogen-bond acceptors (Lipinski definition) is 5. The summed E-state index contributed by atoms with van der Waals surface area (Å²) in [5, 5.41) is 0. The van der Waals surface area contributed by atoms with E-state index in [1.807, 2.05) is 0 Å². The van der Waals surface area contributed by atoms with E-state index in [1.54, 1.807) is 12.1 Å². The Morgan fingerprint density at radius 3 is 2.89 bits per heavy atom. The normalized spacial score (nSPS) is 19.6. The minimum Gasteiger partial charge on any atom is -0.495 e. The molecule has 3 N–H and O–H groups in total. The van der Waals surface area contributed by atoms with Crippen molar-refractivity contribution in [2.24, 2.45) is 5.73 Å². The van der Waals surface area contributed by atoms with Crippen LogP contribution >= 0.6 is 0 Å². The molecule has 1 unspecified atom stereocenters. The zero-order valence-electron chi connectivity index (χ0n) is 10.8. The molecule has 0 aromatic heterocycles. The van der Waals surface area contributed by atoms with E-state index in [0.29, 0.717) is 25.4 Å². The summed E-state index contributed by atoms with van der Waals surface area (Å²) in [5.74, 6) is 0.309. The second kappa shape index (κ2) is 5.87. The minimum atomic E-state index is -3.63. The van der Waals surface area contributed by atoms with Crippen molar-refractivity contribution >= 4 is 10.0 Å². The molecule has 19 heavy (non-hydrogen) atoms. The van der Waals surface area contributed by atoms with E-state index in [0.717, 1.165) is 5.56 Å². The van der Waals surface area contributed by atoms with Gasteiger partial charge in [-0.2, -0.15) is 0 Å². The molecule has 1 heterocycles. The summed E-state index contributed by atoms with van der Waals surface area (Å²) in [5.41, 5.74) is 6.28. The van der Waals surface area contributed by atoms with Crippen LogP contribution in [0.4, 0.5) is 0 Å². The first-order valence-electron chi connectivity index (χ1n) is 6.04. The van der Waals surface area contributed by atoms with E-state index in [2.05, 4.69) is 4.72 Å². The number of nitrogens with two attached hydrogens (primary N) is 1. The largest absolute Gasteiger partial charge is 0.495 e. The van der Waals surface area contributed by atoms with Gasteiger partial charge in [-0.1, -0.05) is 6.07 Å². The molecule has 1 aliphatic rings. The summed E-state index contributed by atoms with van der Waals surface area (Å²) >= 11 is 0. The standard InChI is InChI=1S/C12H18N2O4S/c1-17-11-3-2-9(7-13)6-12(11)19(15,16)14-10-4-5-18-8-10/h2-3,6,10,14H,4-5,7-8,13H2,1H3. The zero-order valence-corrected chi connectivity index (χ0v) is 11.6. The van der Waals surface area contributed by atoms with Crippen LogP contribution in [0.1, 0.15) is 12.0 Å². The Morgan fingerprint density at radius 2 is 2.32 bits per heavy atom. The van der Waals surface area contributed by atoms with Crippen LogP contribution in [-0.4, -0.2) is 34.8 Å². The summed E-state index contributed by atoms with van der Waals surface area (Å²) in [4.78, 5) is 0.116. The molecule has 106 valence electrons. The van der Waals surface area contributed by atoms with Crippen molar-refractivity contribution in [1.29, 1.82) is 0 Å². The molecule has 0 saturated carbocycles. The van der Waals surface area contributed by atoms with E-state index in [-0.39, 0.29) is 17.5 Å². The first kappa shape index (κ1) is 14.3. The summed E-state index contributed by atoms with van der Waals surface area (Å²) in [7, 11) is -2.19. The van der Waals surface area contributed by atoms with Crippen molar-refractivity contribution in [3.8, 4) is 5.75 Å². The van der Waals surface area contributed by atoms with Crippen LogP contribution < -0.4 is 15.2 Å². The number of rotatable bonds is 5. The third-order valence-electron chi connectivity index (χ3n) is 3.00. The third kappa shape index (κ3) is 3.24. The summed E-state index contributed by atoms with van der Waals surface area (Å²) < 4.78 is 37.6. The second-order valence-electron chi connectivity index (χ2n) is 4.37. The quantitative estimate of drug-likeness (QED) is 0.808. The predicted molar refractivity (Wildman–Crippen MR) is 70.4 cm³/mol. The highest BCUT2D eigenvalue weighted by atomic mass is 32.2. The molecular weight excluding hydrogens is 268 g/mol. The average molecular weight is 286 g/mol. The van der Waals surface area contributed by atoms with Crippen LogP contribution in [0.2, 0.25) is 0 Å². The Hall–Kier alpha value is -1.15. The van der Waals surface area contributed by atoms with Gasteiger partial charge in [0.1, 0.15) is 10.6 Å². The highest BCUT2D eigenvalue weighted by Crippen LogP contribution is 2.25. The van der Waals surface area contributed by atoms with Gasteiger partial charge in [-0.15, -0.1) is 0 Å². The van der Waals surface area contributed by atoms with Crippen molar-refractivity contribution in [2.45, 2.75) is 23.9 Å². The number of methoxy groups -OCH3 is 1. The molecule has 1 saturated heterocycles. The van der Waals surface area contributed by atoms with Gasteiger partial charge in [0.05, 0.1) is 13.7 Å². The Kier molecular flexibility index (Phi) is 4.41. The molecule has 7 heteroatoms. The smallest absolute Gasteiger partial charge is 0.244 e. The fraction of sp³-hybridized carbons (Fsp3) is 0.500. The van der Waals surface area contributed by atoms with E-state index in [9.17, 15) is 8.42 Å². The van der Waals surface area contributed by atoms with Gasteiger partial charge < -0.3 is 15.2 Å². The van der Waals surface area contributed by atoms with E-state index >= 15 is 0 Å². The van der Waals surface area contributed by atoms with Crippen molar-refractivity contribution in [3.05, 3.63) is 23.8 Å². The lowest BCUT2D eigenvalue weighted by molar-refractivity contribution is 0.192. The van der Waals surface area contributed by atoms with Gasteiger partial charge in [0.25, 0.3) is 0 Å². The number of benzene rings is 1. The number of nitrogens with one attached hydrogen (secondary N) is 1. The molecule has 1 aromatic rings. The van der Waals surface area contributed by atoms with E-state index in [4.69, 9.17) is 15.2 Å². The summed E-state index contributed by atoms with van der Waals surface area (Å²) in [6.07, 6.45) is 0.679. The molecule has 6 nitrogen and oxygen atoms in total. The van der Waals surface area contributed by atoms with Crippen LogP contribution in [-0.2, 0) is 21.3 Å². The Morgan fingerprint density at radius 1 is 1.53 bits per heavy atom. The van der Waals surface area contributed by atoms with Crippen molar-refractivity contribution in [2.75, 3.05) is 20.3 Å². The van der Waals surface area contributed by atoms with Crippen LogP contribution in [0.5, 0.6) is 5.75 Å². The maximum Gasteiger partial charge on any atom is 0.244 e. The van der Waals surface area contributed by atoms with Crippen LogP contribution in [0.3, 0.4) is 0 Å². The van der Waals surface area contributed by atoms with Gasteiger partial charge in [-0.3, -0.25) is 0 Å². The van der Waals surface area contributed by atoms with Crippen LogP contribution in [0, 0.1) is 0 Å². The molecule has 0 aliphatic carbocycles. The first-order chi connectivity index (χ1) is 9.06. The summed E-state index contributed by atoms with van der Waals surface area (Å²) in [6, 6.07) is 4.71. The van der Waals surface area contributed by atoms with Crippen LogP contribution in [0.15, 0.2) is 23.1 Å². The fourth-order valence-electron chi connectivity index (χ4n) is 1.97. The lowest BCUT2D eigenvalue weighted by Crippen LogP contribution is -2.35. The summed E-state index contributed by atoms with van der Waals surface area (Å²) in [6.45, 7) is 1.25. The average Bonchev–Trinajstić information content (AvgIpc) is 2.90. The molecule has 2 rings (SSSR count). The Balaban J connectivity index is 2.32. The number of ether oxygens (including phenoxy) is 2. The molecule has 0 radical (unpaired) electrons. The maximum atomic E-state index is 12.3. The van der Waals surface area contributed by atoms with Gasteiger partial charge in [0, 0.05) is 19.2 Å². The first-order valence-corrected chi connectivity index (χ1v) is 7.52. The van der Waals surface area contributed by atoms with E-state index < -0.39 is 10.0 Å². The van der Waals surface area contributed by atoms with Gasteiger partial charge in [0.2, 0.25) is 10.0 Å². The highest BCUT2D eigenvalue weighted by molar-refractivity contribution is 7.89. The minimum absolute atomic E-state index is 0.116. The SMILES string of the molecule is COc1ccc(CN)cc1S(=O)(=O)NC1CCOC1. The third-order valence-corrected chi connectivity index (χ3v) is 4.55. The van der Waals surface area contributed by atoms with Gasteiger partial charge >= 0.3 is 0 Å². The Labute approximate surface area is 112 Å². The van der Waals surface area contributed by atoms with E-state index in [1.165, 1.54) is 13.2 Å². The van der Waals surface area contributed by atoms with Crippen LogP contribution in [0.25, 0.3) is 0 Å². The van der Waals surface area contributed by atoms with Gasteiger partial charge in [0.15, 0.2) is 0 Å². The molecule has 1 aliphatic heterocycles. The molecule has 0 spiro atoms. The molecule has 1 aromatic carbocycles. The molecule has 1 atom stereocenters. The van der Waals surface area contributed by atoms with Gasteiger partial charge in [-0.25, -0.2) is 13.1 Å². The number of sulfonamides is 1. The lowest BCUT2D eigenvalue weighted by Gasteiger charge is -2.14.